The van der Waals surface area contributed by atoms with E-state index in [2.05, 4.69) is 12.2 Å². The molecule has 1 N–H and O–H groups in total. The van der Waals surface area contributed by atoms with Gasteiger partial charge in [0.05, 0.1) is 5.56 Å². The molecule has 1 amide bonds. The molecule has 0 bridgehead atoms. The molecule has 0 saturated carbocycles. The molecule has 2 unspecified atom stereocenters. The Morgan fingerprint density at radius 3 is 2.62 bits per heavy atom. The molecule has 1 fully saturated rings. The molecule has 1 aromatic carbocycles. The molecule has 21 heavy (non-hydrogen) atoms. The number of nitrogens with zero attached hydrogens (tertiary/aromatic N) is 1. The number of hydrogen-bond donors (Lipinski definition) is 1. The van der Waals surface area contributed by atoms with Gasteiger partial charge in [0, 0.05) is 31.2 Å². The van der Waals surface area contributed by atoms with Gasteiger partial charge in [-0.2, -0.15) is 0 Å². The van der Waals surface area contributed by atoms with E-state index in [1.165, 1.54) is 13.0 Å². The Hall–Kier alpha value is -1.49. The van der Waals surface area contributed by atoms with Gasteiger partial charge in [-0.3, -0.25) is 4.79 Å². The summed E-state index contributed by atoms with van der Waals surface area (Å²) >= 11 is 0. The average Bonchev–Trinajstić information content (AvgIpc) is 2.49. The molecular weight excluding hydrogens is 274 g/mol. The van der Waals surface area contributed by atoms with Gasteiger partial charge in [-0.1, -0.05) is 13.8 Å². The van der Waals surface area contributed by atoms with Crippen LogP contribution in [0, 0.1) is 18.6 Å². The fraction of sp³-hybridized carbons (Fsp3) is 0.562. The van der Waals surface area contributed by atoms with Crippen LogP contribution in [0.3, 0.4) is 0 Å². The Morgan fingerprint density at radius 1 is 1.29 bits per heavy atom. The van der Waals surface area contributed by atoms with Crippen LogP contribution >= 0.6 is 0 Å². The first-order valence-electron chi connectivity index (χ1n) is 7.47. The normalized spacial score (nSPS) is 22.4. The van der Waals surface area contributed by atoms with Gasteiger partial charge in [-0.15, -0.1) is 0 Å². The highest BCUT2D eigenvalue weighted by atomic mass is 19.1. The molecule has 2 rings (SSSR count). The minimum atomic E-state index is -0.787. The number of aryl methyl sites for hydroxylation is 1. The minimum absolute atomic E-state index is 0.0379. The molecule has 1 heterocycles. The number of benzene rings is 1. The van der Waals surface area contributed by atoms with Crippen molar-refractivity contribution in [3.63, 3.8) is 0 Å². The smallest absolute Gasteiger partial charge is 0.257 e. The average molecular weight is 296 g/mol. The largest absolute Gasteiger partial charge is 0.333 e. The second-order valence-corrected chi connectivity index (χ2v) is 5.61. The lowest BCUT2D eigenvalue weighted by Gasteiger charge is -2.40. The fourth-order valence-corrected chi connectivity index (χ4v) is 2.73. The van der Waals surface area contributed by atoms with Gasteiger partial charge >= 0.3 is 0 Å². The predicted molar refractivity (Wildman–Crippen MR) is 78.3 cm³/mol. The topological polar surface area (TPSA) is 32.3 Å². The van der Waals surface area contributed by atoms with Crippen LogP contribution < -0.4 is 5.32 Å². The summed E-state index contributed by atoms with van der Waals surface area (Å²) in [7, 11) is 0. The number of rotatable bonds is 3. The van der Waals surface area contributed by atoms with Crippen LogP contribution in [0.2, 0.25) is 0 Å². The van der Waals surface area contributed by atoms with Crippen molar-refractivity contribution in [3.05, 3.63) is 34.9 Å². The third-order valence-corrected chi connectivity index (χ3v) is 4.20. The summed E-state index contributed by atoms with van der Waals surface area (Å²) in [5.74, 6) is -1.75. The van der Waals surface area contributed by atoms with Gasteiger partial charge in [-0.25, -0.2) is 8.78 Å². The Labute approximate surface area is 124 Å². The predicted octanol–water partition coefficient (Wildman–Crippen LogP) is 2.88. The molecule has 1 aromatic rings. The lowest BCUT2D eigenvalue weighted by molar-refractivity contribution is 0.0571. The summed E-state index contributed by atoms with van der Waals surface area (Å²) in [6.45, 7) is 6.86. The number of carbonyl (C=O) groups excluding carboxylic acids is 1. The number of carbonyl (C=O) groups is 1. The quantitative estimate of drug-likeness (QED) is 0.930. The van der Waals surface area contributed by atoms with Crippen molar-refractivity contribution in [2.24, 2.45) is 0 Å². The van der Waals surface area contributed by atoms with Gasteiger partial charge in [0.1, 0.15) is 11.6 Å². The zero-order chi connectivity index (χ0) is 15.6. The number of amides is 1. The highest BCUT2D eigenvalue weighted by Crippen LogP contribution is 2.20. The van der Waals surface area contributed by atoms with Gasteiger partial charge < -0.3 is 10.2 Å². The zero-order valence-corrected chi connectivity index (χ0v) is 12.7. The van der Waals surface area contributed by atoms with Crippen molar-refractivity contribution in [2.45, 2.75) is 45.7 Å². The van der Waals surface area contributed by atoms with E-state index in [-0.39, 0.29) is 29.1 Å². The highest BCUT2D eigenvalue weighted by Gasteiger charge is 2.31. The summed E-state index contributed by atoms with van der Waals surface area (Å²) in [5, 5.41) is 3.39. The van der Waals surface area contributed by atoms with Gasteiger partial charge in [0.15, 0.2) is 0 Å². The molecule has 116 valence electrons. The van der Waals surface area contributed by atoms with Gasteiger partial charge in [-0.05, 0) is 31.4 Å². The molecule has 0 aliphatic carbocycles. The maximum Gasteiger partial charge on any atom is 0.257 e. The maximum atomic E-state index is 13.9. The monoisotopic (exact) mass is 296 g/mol. The SMILES string of the molecule is CCC1CN(C(=O)c2cc(C)c(F)cc2F)C(CC)CN1. The van der Waals surface area contributed by atoms with E-state index in [1.807, 2.05) is 6.92 Å². The van der Waals surface area contributed by atoms with Crippen LogP contribution in [0.4, 0.5) is 8.78 Å². The second-order valence-electron chi connectivity index (χ2n) is 5.61. The zero-order valence-electron chi connectivity index (χ0n) is 12.7. The van der Waals surface area contributed by atoms with E-state index in [0.717, 1.165) is 18.9 Å². The van der Waals surface area contributed by atoms with Gasteiger partial charge in [0.2, 0.25) is 0 Å². The van der Waals surface area contributed by atoms with E-state index in [4.69, 9.17) is 0 Å². The maximum absolute atomic E-state index is 13.9. The number of nitrogens with one attached hydrogen (secondary N) is 1. The molecule has 1 saturated heterocycles. The molecule has 1 aliphatic heterocycles. The van der Waals surface area contributed by atoms with Crippen LogP contribution in [0.5, 0.6) is 0 Å². The van der Waals surface area contributed by atoms with Crippen molar-refractivity contribution in [1.29, 1.82) is 0 Å². The van der Waals surface area contributed by atoms with E-state index < -0.39 is 11.6 Å². The summed E-state index contributed by atoms with van der Waals surface area (Å²) < 4.78 is 27.3. The first-order chi connectivity index (χ1) is 9.97. The molecular formula is C16H22F2N2O. The number of halogens is 2. The van der Waals surface area contributed by atoms with Crippen LogP contribution in [-0.4, -0.2) is 36.0 Å². The van der Waals surface area contributed by atoms with Crippen molar-refractivity contribution in [2.75, 3.05) is 13.1 Å². The van der Waals surface area contributed by atoms with E-state index in [0.29, 0.717) is 13.1 Å². The van der Waals surface area contributed by atoms with Crippen molar-refractivity contribution < 1.29 is 13.6 Å². The molecule has 2 atom stereocenters. The standard InChI is InChI=1S/C16H22F2N2O/c1-4-11-9-20(12(5-2)8-19-11)16(21)13-6-10(3)14(17)7-15(13)18/h6-7,11-12,19H,4-5,8-9H2,1-3H3. The Kier molecular flexibility index (Phi) is 4.93. The fourth-order valence-electron chi connectivity index (χ4n) is 2.73. The molecule has 0 spiro atoms. The Bertz CT molecular complexity index is 533. The van der Waals surface area contributed by atoms with Gasteiger partial charge in [0.25, 0.3) is 5.91 Å². The molecule has 0 aromatic heterocycles. The number of hydrogen-bond acceptors (Lipinski definition) is 2. The van der Waals surface area contributed by atoms with Crippen LogP contribution in [-0.2, 0) is 0 Å². The third-order valence-electron chi connectivity index (χ3n) is 4.20. The van der Waals surface area contributed by atoms with E-state index in [1.54, 1.807) is 4.90 Å². The number of piperazine rings is 1. The van der Waals surface area contributed by atoms with E-state index in [9.17, 15) is 13.6 Å². The van der Waals surface area contributed by atoms with Crippen LogP contribution in [0.25, 0.3) is 0 Å². The summed E-state index contributed by atoms with van der Waals surface area (Å²) in [5.41, 5.74) is 0.249. The van der Waals surface area contributed by atoms with Crippen molar-refractivity contribution >= 4 is 5.91 Å². The van der Waals surface area contributed by atoms with Crippen molar-refractivity contribution in [3.8, 4) is 0 Å². The minimum Gasteiger partial charge on any atom is -0.333 e. The third kappa shape index (κ3) is 3.23. The summed E-state index contributed by atoms with van der Waals surface area (Å²) in [6, 6.07) is 2.37. The molecule has 1 aliphatic rings. The van der Waals surface area contributed by atoms with E-state index >= 15 is 0 Å². The summed E-state index contributed by atoms with van der Waals surface area (Å²) in [4.78, 5) is 14.4. The van der Waals surface area contributed by atoms with Crippen LogP contribution in [0.15, 0.2) is 12.1 Å². The molecule has 0 radical (unpaired) electrons. The summed E-state index contributed by atoms with van der Waals surface area (Å²) in [6.07, 6.45) is 1.71. The molecule has 3 nitrogen and oxygen atoms in total. The Morgan fingerprint density at radius 2 is 2.00 bits per heavy atom. The highest BCUT2D eigenvalue weighted by molar-refractivity contribution is 5.95. The van der Waals surface area contributed by atoms with Crippen LogP contribution in [0.1, 0.15) is 42.6 Å². The first-order valence-corrected chi connectivity index (χ1v) is 7.47. The lowest BCUT2D eigenvalue weighted by atomic mass is 10.0. The Balaban J connectivity index is 2.30. The lowest BCUT2D eigenvalue weighted by Crippen LogP contribution is -2.58. The first kappa shape index (κ1) is 15.9. The van der Waals surface area contributed by atoms with Crippen molar-refractivity contribution in [1.82, 2.24) is 10.2 Å². The molecule has 5 heteroatoms. The second kappa shape index (κ2) is 6.52.